The van der Waals surface area contributed by atoms with Gasteiger partial charge in [-0.1, -0.05) is 48.0 Å². The highest BCUT2D eigenvalue weighted by Crippen LogP contribution is 2.11. The van der Waals surface area contributed by atoms with Crippen molar-refractivity contribution < 1.29 is 4.79 Å². The zero-order valence-corrected chi connectivity index (χ0v) is 11.1. The number of nitriles is 1. The summed E-state index contributed by atoms with van der Waals surface area (Å²) in [5.41, 5.74) is 2.50. The predicted molar refractivity (Wildman–Crippen MR) is 79.3 cm³/mol. The fourth-order valence-corrected chi connectivity index (χ4v) is 1.70. The van der Waals surface area contributed by atoms with Crippen LogP contribution in [-0.4, -0.2) is 5.78 Å². The first-order valence-corrected chi connectivity index (χ1v) is 6.24. The molecule has 0 saturated heterocycles. The number of Topliss-reactive ketones (excluding diaryl/α,β-unsaturated/α-hetero) is 1. The zero-order chi connectivity index (χ0) is 14.4. The van der Waals surface area contributed by atoms with Crippen molar-refractivity contribution >= 4 is 11.5 Å². The number of allylic oxidation sites excluding steroid dienone is 1. The van der Waals surface area contributed by atoms with Gasteiger partial charge >= 0.3 is 0 Å². The van der Waals surface area contributed by atoms with E-state index in [1.165, 1.54) is 6.20 Å². The van der Waals surface area contributed by atoms with E-state index in [4.69, 9.17) is 5.26 Å². The van der Waals surface area contributed by atoms with Crippen molar-refractivity contribution in [3.63, 3.8) is 0 Å². The Labute approximate surface area is 118 Å². The third-order valence-electron chi connectivity index (χ3n) is 2.84. The molecule has 0 aliphatic heterocycles. The molecule has 2 rings (SSSR count). The first-order chi connectivity index (χ1) is 9.70. The standard InChI is InChI=1S/C17H14N2O/c1-13-7-9-14(10-8-13)17(20)15(11-18)12-19-16-5-3-2-4-6-16/h2-10,12,19H,1H3/b15-12+. The van der Waals surface area contributed by atoms with Crippen LogP contribution in [0.3, 0.4) is 0 Å². The Bertz CT molecular complexity index is 664. The highest BCUT2D eigenvalue weighted by molar-refractivity contribution is 6.11. The van der Waals surface area contributed by atoms with Crippen LogP contribution in [0.5, 0.6) is 0 Å². The van der Waals surface area contributed by atoms with Gasteiger partial charge in [0.05, 0.1) is 0 Å². The lowest BCUT2D eigenvalue weighted by Gasteiger charge is -2.02. The van der Waals surface area contributed by atoms with Crippen LogP contribution in [0.15, 0.2) is 66.4 Å². The molecule has 20 heavy (non-hydrogen) atoms. The van der Waals surface area contributed by atoms with Gasteiger partial charge in [0.1, 0.15) is 11.6 Å². The smallest absolute Gasteiger partial charge is 0.205 e. The average Bonchev–Trinajstić information content (AvgIpc) is 2.49. The number of carbonyl (C=O) groups is 1. The minimum absolute atomic E-state index is 0.0812. The molecule has 3 nitrogen and oxygen atoms in total. The van der Waals surface area contributed by atoms with Crippen molar-refractivity contribution in [2.45, 2.75) is 6.92 Å². The number of para-hydroxylation sites is 1. The van der Waals surface area contributed by atoms with Gasteiger partial charge in [-0.15, -0.1) is 0 Å². The van der Waals surface area contributed by atoms with Crippen LogP contribution in [0.25, 0.3) is 0 Å². The Morgan fingerprint density at radius 3 is 2.35 bits per heavy atom. The molecular weight excluding hydrogens is 248 g/mol. The highest BCUT2D eigenvalue weighted by atomic mass is 16.1. The Morgan fingerprint density at radius 2 is 1.75 bits per heavy atom. The number of hydrogen-bond donors (Lipinski definition) is 1. The second-order valence-electron chi connectivity index (χ2n) is 4.38. The number of anilines is 1. The summed E-state index contributed by atoms with van der Waals surface area (Å²) in [6, 6.07) is 18.5. The number of carbonyl (C=O) groups excluding carboxylic acids is 1. The number of nitrogens with zero attached hydrogens (tertiary/aromatic N) is 1. The summed E-state index contributed by atoms with van der Waals surface area (Å²) in [6.07, 6.45) is 1.44. The molecule has 0 saturated carbocycles. The molecule has 1 N–H and O–H groups in total. The van der Waals surface area contributed by atoms with Gasteiger partial charge in [0, 0.05) is 17.5 Å². The van der Waals surface area contributed by atoms with Gasteiger partial charge in [0.2, 0.25) is 5.78 Å². The largest absolute Gasteiger partial charge is 0.360 e. The maximum atomic E-state index is 12.2. The van der Waals surface area contributed by atoms with Crippen LogP contribution in [-0.2, 0) is 0 Å². The van der Waals surface area contributed by atoms with E-state index >= 15 is 0 Å². The lowest BCUT2D eigenvalue weighted by Crippen LogP contribution is -2.04. The first-order valence-electron chi connectivity index (χ1n) is 6.24. The van der Waals surface area contributed by atoms with Gasteiger partial charge in [-0.05, 0) is 19.1 Å². The molecule has 3 heteroatoms. The lowest BCUT2D eigenvalue weighted by atomic mass is 10.0. The van der Waals surface area contributed by atoms with Crippen molar-refractivity contribution in [2.24, 2.45) is 0 Å². The van der Waals surface area contributed by atoms with E-state index in [2.05, 4.69) is 5.32 Å². The molecule has 2 aromatic carbocycles. The molecule has 0 unspecified atom stereocenters. The van der Waals surface area contributed by atoms with E-state index < -0.39 is 0 Å². The Hall–Kier alpha value is -2.86. The molecule has 0 radical (unpaired) electrons. The Kier molecular flexibility index (Phi) is 4.31. The topological polar surface area (TPSA) is 52.9 Å². The van der Waals surface area contributed by atoms with E-state index in [-0.39, 0.29) is 11.4 Å². The molecule has 98 valence electrons. The van der Waals surface area contributed by atoms with Crippen LogP contribution < -0.4 is 5.32 Å². The molecule has 0 atom stereocenters. The maximum Gasteiger partial charge on any atom is 0.205 e. The molecule has 0 spiro atoms. The van der Waals surface area contributed by atoms with E-state index in [1.54, 1.807) is 12.1 Å². The van der Waals surface area contributed by atoms with Crippen LogP contribution in [0.4, 0.5) is 5.69 Å². The molecule has 0 fully saturated rings. The normalized spacial score (nSPS) is 10.7. The molecule has 0 aliphatic carbocycles. The van der Waals surface area contributed by atoms with E-state index in [9.17, 15) is 4.79 Å². The molecule has 0 aliphatic rings. The lowest BCUT2D eigenvalue weighted by molar-refractivity contribution is 0.103. The molecule has 0 bridgehead atoms. The average molecular weight is 262 g/mol. The van der Waals surface area contributed by atoms with Crippen molar-refractivity contribution in [2.75, 3.05) is 5.32 Å². The summed E-state index contributed by atoms with van der Waals surface area (Å²) >= 11 is 0. The van der Waals surface area contributed by atoms with Crippen molar-refractivity contribution in [1.29, 1.82) is 5.26 Å². The number of rotatable bonds is 4. The molecule has 0 aromatic heterocycles. The van der Waals surface area contributed by atoms with Gasteiger partial charge in [-0.2, -0.15) is 5.26 Å². The maximum absolute atomic E-state index is 12.2. The van der Waals surface area contributed by atoms with Crippen molar-refractivity contribution in [3.05, 3.63) is 77.5 Å². The third kappa shape index (κ3) is 3.33. The number of benzene rings is 2. The summed E-state index contributed by atoms with van der Waals surface area (Å²) < 4.78 is 0. The summed E-state index contributed by atoms with van der Waals surface area (Å²) in [7, 11) is 0. The molecule has 2 aromatic rings. The van der Waals surface area contributed by atoms with E-state index in [1.807, 2.05) is 55.5 Å². The Balaban J connectivity index is 2.18. The molecular formula is C17H14N2O. The minimum atomic E-state index is -0.282. The van der Waals surface area contributed by atoms with Gasteiger partial charge < -0.3 is 5.32 Å². The summed E-state index contributed by atoms with van der Waals surface area (Å²) in [5.74, 6) is -0.282. The third-order valence-corrected chi connectivity index (χ3v) is 2.84. The SMILES string of the molecule is Cc1ccc(C(=O)/C(C#N)=C/Nc2ccccc2)cc1. The number of nitrogens with one attached hydrogen (secondary N) is 1. The van der Waals surface area contributed by atoms with Crippen LogP contribution in [0, 0.1) is 18.3 Å². The van der Waals surface area contributed by atoms with Crippen LogP contribution >= 0.6 is 0 Å². The van der Waals surface area contributed by atoms with Gasteiger partial charge in [-0.25, -0.2) is 0 Å². The zero-order valence-electron chi connectivity index (χ0n) is 11.1. The second kappa shape index (κ2) is 6.35. The van der Waals surface area contributed by atoms with Gasteiger partial charge in [0.15, 0.2) is 0 Å². The fourth-order valence-electron chi connectivity index (χ4n) is 1.70. The molecule has 0 heterocycles. The summed E-state index contributed by atoms with van der Waals surface area (Å²) in [6.45, 7) is 1.95. The summed E-state index contributed by atoms with van der Waals surface area (Å²) in [4.78, 5) is 12.2. The Morgan fingerprint density at radius 1 is 1.10 bits per heavy atom. The summed E-state index contributed by atoms with van der Waals surface area (Å²) in [5, 5.41) is 12.1. The quantitative estimate of drug-likeness (QED) is 0.519. The highest BCUT2D eigenvalue weighted by Gasteiger charge is 2.11. The van der Waals surface area contributed by atoms with E-state index in [0.29, 0.717) is 5.56 Å². The monoisotopic (exact) mass is 262 g/mol. The molecule has 0 amide bonds. The van der Waals surface area contributed by atoms with Crippen LogP contribution in [0.2, 0.25) is 0 Å². The van der Waals surface area contributed by atoms with Gasteiger partial charge in [-0.3, -0.25) is 4.79 Å². The number of aryl methyl sites for hydroxylation is 1. The van der Waals surface area contributed by atoms with Crippen molar-refractivity contribution in [3.8, 4) is 6.07 Å². The first kappa shape index (κ1) is 13.6. The number of ketones is 1. The van der Waals surface area contributed by atoms with Crippen LogP contribution in [0.1, 0.15) is 15.9 Å². The number of hydrogen-bond acceptors (Lipinski definition) is 3. The van der Waals surface area contributed by atoms with Gasteiger partial charge in [0.25, 0.3) is 0 Å². The minimum Gasteiger partial charge on any atom is -0.360 e. The van der Waals surface area contributed by atoms with E-state index in [0.717, 1.165) is 11.3 Å². The predicted octanol–water partition coefficient (Wildman–Crippen LogP) is 3.70. The fraction of sp³-hybridized carbons (Fsp3) is 0.0588. The van der Waals surface area contributed by atoms with Crippen molar-refractivity contribution in [1.82, 2.24) is 0 Å². The second-order valence-corrected chi connectivity index (χ2v) is 4.38.